The van der Waals surface area contributed by atoms with Gasteiger partial charge in [-0.25, -0.2) is 0 Å². The first kappa shape index (κ1) is 19.5. The maximum Gasteiger partial charge on any atom is 0.170 e. The van der Waals surface area contributed by atoms with Gasteiger partial charge in [0.25, 0.3) is 0 Å². The molecule has 2 N–H and O–H groups in total. The molecule has 2 aromatic heterocycles. The number of phenolic OH excluding ortho intramolecular Hbond substituents is 1. The summed E-state index contributed by atoms with van der Waals surface area (Å²) in [6, 6.07) is 15.7. The predicted molar refractivity (Wildman–Crippen MR) is 119 cm³/mol. The summed E-state index contributed by atoms with van der Waals surface area (Å²) in [6.45, 7) is 7.22. The van der Waals surface area contributed by atoms with Gasteiger partial charge in [-0.15, -0.1) is 0 Å². The minimum Gasteiger partial charge on any atom is -0.506 e. The van der Waals surface area contributed by atoms with Gasteiger partial charge in [-0.2, -0.15) is 0 Å². The van der Waals surface area contributed by atoms with Crippen LogP contribution in [0, 0.1) is 13.8 Å². The minimum absolute atomic E-state index is 0.0198. The van der Waals surface area contributed by atoms with E-state index in [1.54, 1.807) is 6.07 Å². The zero-order valence-electron chi connectivity index (χ0n) is 17.0. The number of hydrogen-bond donors (Lipinski definition) is 2. The highest BCUT2D eigenvalue weighted by atomic mass is 32.1. The van der Waals surface area contributed by atoms with Crippen molar-refractivity contribution < 1.29 is 5.11 Å². The number of rotatable bonds is 5. The van der Waals surface area contributed by atoms with E-state index in [2.05, 4.69) is 46.6 Å². The van der Waals surface area contributed by atoms with Gasteiger partial charge in [0, 0.05) is 24.1 Å². The Bertz CT molecular complexity index is 1030. The molecule has 0 unspecified atom stereocenters. The van der Waals surface area contributed by atoms with Crippen LogP contribution in [0.5, 0.6) is 5.75 Å². The van der Waals surface area contributed by atoms with E-state index >= 15 is 0 Å². The molecule has 0 saturated carbocycles. The molecule has 29 heavy (non-hydrogen) atoms. The SMILES string of the molecule is CCCN1C(=S)N[C@H](c2ccccn2)[C@@H]1c1cc(C)n(-c2ccccc2O)c1C. The second-order valence-electron chi connectivity index (χ2n) is 7.47. The van der Waals surface area contributed by atoms with E-state index in [1.165, 1.54) is 5.56 Å². The van der Waals surface area contributed by atoms with E-state index in [4.69, 9.17) is 12.2 Å². The summed E-state index contributed by atoms with van der Waals surface area (Å²) in [5.41, 5.74) is 5.14. The molecule has 1 saturated heterocycles. The second-order valence-corrected chi connectivity index (χ2v) is 7.86. The summed E-state index contributed by atoms with van der Waals surface area (Å²) >= 11 is 5.70. The Balaban J connectivity index is 1.85. The molecule has 0 amide bonds. The lowest BCUT2D eigenvalue weighted by Gasteiger charge is -2.27. The molecule has 0 bridgehead atoms. The number of nitrogens with one attached hydrogen (secondary N) is 1. The number of para-hydroxylation sites is 2. The van der Waals surface area contributed by atoms with Crippen molar-refractivity contribution in [1.29, 1.82) is 0 Å². The van der Waals surface area contributed by atoms with Crippen LogP contribution in [0.4, 0.5) is 0 Å². The normalized spacial score (nSPS) is 18.9. The number of hydrogen-bond acceptors (Lipinski definition) is 3. The van der Waals surface area contributed by atoms with Gasteiger partial charge >= 0.3 is 0 Å². The Morgan fingerprint density at radius 2 is 1.90 bits per heavy atom. The number of thiocarbonyl (C=S) groups is 1. The smallest absolute Gasteiger partial charge is 0.170 e. The molecular weight excluding hydrogens is 380 g/mol. The summed E-state index contributed by atoms with van der Waals surface area (Å²) in [4.78, 5) is 6.87. The maximum atomic E-state index is 10.4. The quantitative estimate of drug-likeness (QED) is 0.608. The number of nitrogens with zero attached hydrogens (tertiary/aromatic N) is 3. The lowest BCUT2D eigenvalue weighted by atomic mass is 9.96. The summed E-state index contributed by atoms with van der Waals surface area (Å²) in [6.07, 6.45) is 2.83. The predicted octanol–water partition coefficient (Wildman–Crippen LogP) is 4.58. The van der Waals surface area contributed by atoms with Crippen molar-refractivity contribution in [2.75, 3.05) is 6.54 Å². The van der Waals surface area contributed by atoms with E-state index in [-0.39, 0.29) is 17.8 Å². The summed E-state index contributed by atoms with van der Waals surface area (Å²) in [5.74, 6) is 0.271. The van der Waals surface area contributed by atoms with Crippen LogP contribution in [0.2, 0.25) is 0 Å². The van der Waals surface area contributed by atoms with Crippen molar-refractivity contribution in [3.8, 4) is 11.4 Å². The summed E-state index contributed by atoms with van der Waals surface area (Å²) in [7, 11) is 0. The van der Waals surface area contributed by atoms with Gasteiger partial charge in [-0.3, -0.25) is 4.98 Å². The first-order valence-corrected chi connectivity index (χ1v) is 10.4. The number of aromatic hydroxyl groups is 1. The highest BCUT2D eigenvalue weighted by molar-refractivity contribution is 7.80. The number of phenols is 1. The third kappa shape index (κ3) is 3.38. The van der Waals surface area contributed by atoms with Crippen LogP contribution >= 0.6 is 12.2 Å². The van der Waals surface area contributed by atoms with Crippen LogP contribution in [0.15, 0.2) is 54.7 Å². The number of aromatic nitrogens is 2. The molecule has 0 radical (unpaired) electrons. The molecule has 1 fully saturated rings. The fourth-order valence-corrected chi connectivity index (χ4v) is 4.67. The van der Waals surface area contributed by atoms with Crippen LogP contribution < -0.4 is 5.32 Å². The molecule has 1 aromatic carbocycles. The lowest BCUT2D eigenvalue weighted by molar-refractivity contribution is 0.316. The summed E-state index contributed by atoms with van der Waals surface area (Å²) < 4.78 is 2.12. The lowest BCUT2D eigenvalue weighted by Crippen LogP contribution is -2.30. The molecule has 3 heterocycles. The largest absolute Gasteiger partial charge is 0.506 e. The topological polar surface area (TPSA) is 53.3 Å². The fraction of sp³-hybridized carbons (Fsp3) is 0.304. The van der Waals surface area contributed by atoms with Crippen molar-refractivity contribution in [3.05, 3.63) is 77.4 Å². The highest BCUT2D eigenvalue weighted by Crippen LogP contribution is 2.41. The molecule has 0 spiro atoms. The van der Waals surface area contributed by atoms with Crippen molar-refractivity contribution in [1.82, 2.24) is 19.8 Å². The second kappa shape index (κ2) is 7.87. The van der Waals surface area contributed by atoms with E-state index in [1.807, 2.05) is 42.6 Å². The van der Waals surface area contributed by atoms with Gasteiger partial charge in [0.2, 0.25) is 0 Å². The van der Waals surface area contributed by atoms with Gasteiger partial charge in [-0.1, -0.05) is 25.1 Å². The number of pyridine rings is 1. The van der Waals surface area contributed by atoms with E-state index in [0.717, 1.165) is 40.8 Å². The average molecular weight is 407 g/mol. The Hall–Kier alpha value is -2.86. The Morgan fingerprint density at radius 3 is 2.59 bits per heavy atom. The van der Waals surface area contributed by atoms with Crippen LogP contribution in [-0.2, 0) is 0 Å². The fourth-order valence-electron chi connectivity index (χ4n) is 4.34. The zero-order chi connectivity index (χ0) is 20.5. The molecule has 4 rings (SSSR count). The third-order valence-corrected chi connectivity index (χ3v) is 5.93. The minimum atomic E-state index is -0.0198. The van der Waals surface area contributed by atoms with Gasteiger partial charge in [-0.05, 0) is 68.4 Å². The molecule has 3 aromatic rings. The van der Waals surface area contributed by atoms with Gasteiger partial charge in [0.05, 0.1) is 23.5 Å². The maximum absolute atomic E-state index is 10.4. The molecule has 5 nitrogen and oxygen atoms in total. The van der Waals surface area contributed by atoms with Crippen LogP contribution in [0.3, 0.4) is 0 Å². The molecule has 6 heteroatoms. The van der Waals surface area contributed by atoms with Gasteiger partial charge in [0.1, 0.15) is 5.75 Å². The van der Waals surface area contributed by atoms with Gasteiger partial charge in [0.15, 0.2) is 5.11 Å². The van der Waals surface area contributed by atoms with Crippen molar-refractivity contribution in [2.45, 2.75) is 39.3 Å². The number of aryl methyl sites for hydroxylation is 1. The Labute approximate surface area is 177 Å². The summed E-state index contributed by atoms with van der Waals surface area (Å²) in [5, 5.41) is 14.7. The van der Waals surface area contributed by atoms with Crippen molar-refractivity contribution >= 4 is 17.3 Å². The van der Waals surface area contributed by atoms with Crippen molar-refractivity contribution in [3.63, 3.8) is 0 Å². The van der Waals surface area contributed by atoms with Crippen LogP contribution in [0.1, 0.15) is 48.1 Å². The van der Waals surface area contributed by atoms with Gasteiger partial charge < -0.3 is 19.9 Å². The zero-order valence-corrected chi connectivity index (χ0v) is 17.8. The van der Waals surface area contributed by atoms with Crippen LogP contribution in [-0.4, -0.2) is 31.2 Å². The Kier molecular flexibility index (Phi) is 5.28. The molecule has 2 atom stereocenters. The van der Waals surface area contributed by atoms with E-state index in [0.29, 0.717) is 0 Å². The number of benzene rings is 1. The molecule has 150 valence electrons. The molecule has 1 aliphatic heterocycles. The van der Waals surface area contributed by atoms with E-state index in [9.17, 15) is 5.11 Å². The molecule has 0 aliphatic carbocycles. The van der Waals surface area contributed by atoms with Crippen molar-refractivity contribution in [2.24, 2.45) is 0 Å². The van der Waals surface area contributed by atoms with Crippen LogP contribution in [0.25, 0.3) is 5.69 Å². The third-order valence-electron chi connectivity index (χ3n) is 5.57. The average Bonchev–Trinajstić information content (AvgIpc) is 3.19. The molecular formula is C23H26N4OS. The monoisotopic (exact) mass is 406 g/mol. The standard InChI is InChI=1S/C23H26N4OS/c1-4-13-26-22(21(25-23(26)29)18-9-7-8-12-24-18)17-14-15(2)27(16(17)3)19-10-5-6-11-20(19)28/h5-12,14,21-22,28H,4,13H2,1-3H3,(H,25,29)/t21-,22+/m1/s1. The first-order valence-electron chi connectivity index (χ1n) is 9.98. The molecule has 1 aliphatic rings. The first-order chi connectivity index (χ1) is 14.0. The Morgan fingerprint density at radius 1 is 1.14 bits per heavy atom. The van der Waals surface area contributed by atoms with E-state index < -0.39 is 0 Å². The highest BCUT2D eigenvalue weighted by Gasteiger charge is 2.41.